The normalized spacial score (nSPS) is 12.3. The Labute approximate surface area is 170 Å². The number of para-hydroxylation sites is 1. The van der Waals surface area contributed by atoms with Gasteiger partial charge in [0.15, 0.2) is 11.5 Å². The van der Waals surface area contributed by atoms with Crippen LogP contribution in [0.2, 0.25) is 0 Å². The molecule has 1 unspecified atom stereocenters. The van der Waals surface area contributed by atoms with E-state index in [-0.39, 0.29) is 22.7 Å². The number of aromatic nitrogens is 5. The molecule has 3 aromatic heterocycles. The van der Waals surface area contributed by atoms with Crippen LogP contribution in [0.5, 0.6) is 5.75 Å². The van der Waals surface area contributed by atoms with Gasteiger partial charge < -0.3 is 15.4 Å². The molecule has 0 amide bonds. The number of anilines is 1. The van der Waals surface area contributed by atoms with Crippen molar-refractivity contribution in [2.75, 3.05) is 5.32 Å². The summed E-state index contributed by atoms with van der Waals surface area (Å²) in [5, 5.41) is 14.6. The van der Waals surface area contributed by atoms with Gasteiger partial charge in [-0.2, -0.15) is 0 Å². The van der Waals surface area contributed by atoms with E-state index in [9.17, 15) is 9.90 Å². The van der Waals surface area contributed by atoms with Crippen LogP contribution in [-0.2, 0) is 0 Å². The smallest absolute Gasteiger partial charge is 0.267 e. The Hall–Kier alpha value is -4.20. The van der Waals surface area contributed by atoms with Crippen molar-refractivity contribution in [1.82, 2.24) is 24.5 Å². The van der Waals surface area contributed by atoms with Crippen molar-refractivity contribution in [2.24, 2.45) is 0 Å². The van der Waals surface area contributed by atoms with Crippen LogP contribution < -0.4 is 10.9 Å². The molecule has 0 radical (unpaired) electrons. The molecule has 5 aromatic rings. The van der Waals surface area contributed by atoms with E-state index >= 15 is 0 Å². The molecule has 8 heteroatoms. The number of pyridine rings is 1. The molecule has 3 heterocycles. The molecule has 0 aliphatic rings. The van der Waals surface area contributed by atoms with Crippen molar-refractivity contribution in [2.45, 2.75) is 13.0 Å². The van der Waals surface area contributed by atoms with Crippen LogP contribution in [0.15, 0.2) is 72.0 Å². The SMILES string of the molecule is CC(Nc1ncnc2nc[nH]c12)c1cc2cccc(O)c2c(=O)n1-c1ccccc1. The fourth-order valence-corrected chi connectivity index (χ4v) is 3.68. The molecule has 3 N–H and O–H groups in total. The third-order valence-electron chi connectivity index (χ3n) is 5.09. The van der Waals surface area contributed by atoms with Crippen molar-refractivity contribution in [1.29, 1.82) is 0 Å². The molecule has 1 atom stereocenters. The molecule has 0 spiro atoms. The van der Waals surface area contributed by atoms with Gasteiger partial charge in [0.05, 0.1) is 17.8 Å². The van der Waals surface area contributed by atoms with Crippen LogP contribution in [0.25, 0.3) is 27.6 Å². The molecule has 0 saturated carbocycles. The lowest BCUT2D eigenvalue weighted by Crippen LogP contribution is -2.25. The van der Waals surface area contributed by atoms with E-state index in [1.165, 1.54) is 12.4 Å². The summed E-state index contributed by atoms with van der Waals surface area (Å²) in [6.07, 6.45) is 3.01. The minimum atomic E-state index is -0.286. The van der Waals surface area contributed by atoms with Crippen molar-refractivity contribution >= 4 is 27.8 Å². The average molecular weight is 398 g/mol. The second-order valence-electron chi connectivity index (χ2n) is 6.98. The predicted octanol–water partition coefficient (Wildman–Crippen LogP) is 3.54. The van der Waals surface area contributed by atoms with E-state index in [2.05, 4.69) is 25.3 Å². The van der Waals surface area contributed by atoms with Crippen molar-refractivity contribution in [3.05, 3.63) is 83.3 Å². The van der Waals surface area contributed by atoms with Gasteiger partial charge in [0.2, 0.25) is 0 Å². The molecule has 5 rings (SSSR count). The number of fused-ring (bicyclic) bond motifs is 2. The van der Waals surface area contributed by atoms with E-state index < -0.39 is 0 Å². The Morgan fingerprint density at radius 1 is 1.07 bits per heavy atom. The number of hydrogen-bond donors (Lipinski definition) is 3. The molecule has 0 bridgehead atoms. The first kappa shape index (κ1) is 17.9. The van der Waals surface area contributed by atoms with E-state index in [0.717, 1.165) is 5.69 Å². The monoisotopic (exact) mass is 398 g/mol. The van der Waals surface area contributed by atoms with Crippen LogP contribution in [0.4, 0.5) is 5.82 Å². The Kier molecular flexibility index (Phi) is 4.17. The Morgan fingerprint density at radius 3 is 2.73 bits per heavy atom. The zero-order chi connectivity index (χ0) is 20.7. The van der Waals surface area contributed by atoms with Gasteiger partial charge in [0.25, 0.3) is 5.56 Å². The number of nitrogens with one attached hydrogen (secondary N) is 2. The standard InChI is InChI=1S/C22H18N6O2/c1-13(27-21-19-20(24-11-23-19)25-12-26-21)16-10-14-6-5-9-17(29)18(14)22(30)28(16)15-7-3-2-4-8-15/h2-13,29H,1H3,(H2,23,24,25,26,27). The van der Waals surface area contributed by atoms with Gasteiger partial charge >= 0.3 is 0 Å². The highest BCUT2D eigenvalue weighted by atomic mass is 16.3. The minimum Gasteiger partial charge on any atom is -0.507 e. The molecule has 0 aliphatic heterocycles. The minimum absolute atomic E-state index is 0.0377. The first-order chi connectivity index (χ1) is 14.6. The molecule has 8 nitrogen and oxygen atoms in total. The highest BCUT2D eigenvalue weighted by molar-refractivity contribution is 5.88. The Morgan fingerprint density at radius 2 is 1.90 bits per heavy atom. The van der Waals surface area contributed by atoms with Gasteiger partial charge in [-0.05, 0) is 36.6 Å². The van der Waals surface area contributed by atoms with Crippen LogP contribution in [0.1, 0.15) is 18.7 Å². The first-order valence-electron chi connectivity index (χ1n) is 9.47. The van der Waals surface area contributed by atoms with Crippen molar-refractivity contribution in [3.63, 3.8) is 0 Å². The lowest BCUT2D eigenvalue weighted by atomic mass is 10.1. The topological polar surface area (TPSA) is 109 Å². The number of phenolic OH excluding ortho intramolecular Hbond substituents is 1. The second-order valence-corrected chi connectivity index (χ2v) is 6.98. The number of aromatic hydroxyl groups is 1. The summed E-state index contributed by atoms with van der Waals surface area (Å²) in [6, 6.07) is 16.1. The third kappa shape index (κ3) is 2.86. The van der Waals surface area contributed by atoms with Gasteiger partial charge in [-0.1, -0.05) is 30.3 Å². The predicted molar refractivity (Wildman–Crippen MR) is 115 cm³/mol. The van der Waals surface area contributed by atoms with Gasteiger partial charge in [-0.3, -0.25) is 9.36 Å². The van der Waals surface area contributed by atoms with Gasteiger partial charge in [-0.15, -0.1) is 0 Å². The number of phenols is 1. The lowest BCUT2D eigenvalue weighted by Gasteiger charge is -2.21. The Bertz CT molecular complexity index is 1420. The zero-order valence-corrected chi connectivity index (χ0v) is 16.1. The number of hydrogen-bond acceptors (Lipinski definition) is 6. The number of benzene rings is 2. The molecule has 0 saturated heterocycles. The molecular weight excluding hydrogens is 380 g/mol. The third-order valence-corrected chi connectivity index (χ3v) is 5.09. The Balaban J connectivity index is 1.71. The van der Waals surface area contributed by atoms with Gasteiger partial charge in [-0.25, -0.2) is 15.0 Å². The fraction of sp³-hybridized carbons (Fsp3) is 0.0909. The van der Waals surface area contributed by atoms with Crippen molar-refractivity contribution < 1.29 is 5.11 Å². The second kappa shape index (κ2) is 7.00. The fourth-order valence-electron chi connectivity index (χ4n) is 3.68. The van der Waals surface area contributed by atoms with Gasteiger partial charge in [0, 0.05) is 11.4 Å². The number of rotatable bonds is 4. The summed E-state index contributed by atoms with van der Waals surface area (Å²) in [4.78, 5) is 29.1. The first-order valence-corrected chi connectivity index (χ1v) is 9.47. The zero-order valence-electron chi connectivity index (χ0n) is 16.1. The highest BCUT2D eigenvalue weighted by Crippen LogP contribution is 2.28. The quantitative estimate of drug-likeness (QED) is 0.427. The summed E-state index contributed by atoms with van der Waals surface area (Å²) in [5.74, 6) is 0.553. The maximum Gasteiger partial charge on any atom is 0.267 e. The van der Waals surface area contributed by atoms with Crippen molar-refractivity contribution in [3.8, 4) is 11.4 Å². The number of nitrogens with zero attached hydrogens (tertiary/aromatic N) is 4. The highest BCUT2D eigenvalue weighted by Gasteiger charge is 2.19. The maximum atomic E-state index is 13.4. The molecule has 0 aliphatic carbocycles. The molecule has 0 fully saturated rings. The van der Waals surface area contributed by atoms with E-state index in [0.29, 0.717) is 28.1 Å². The number of aromatic amines is 1. The largest absolute Gasteiger partial charge is 0.507 e. The molecule has 30 heavy (non-hydrogen) atoms. The summed E-state index contributed by atoms with van der Waals surface area (Å²) in [7, 11) is 0. The number of imidazole rings is 1. The van der Waals surface area contributed by atoms with E-state index in [1.807, 2.05) is 49.4 Å². The van der Waals surface area contributed by atoms with Gasteiger partial charge in [0.1, 0.15) is 17.6 Å². The van der Waals surface area contributed by atoms with Crippen LogP contribution in [-0.4, -0.2) is 29.6 Å². The van der Waals surface area contributed by atoms with E-state index in [1.54, 1.807) is 17.0 Å². The van der Waals surface area contributed by atoms with Crippen LogP contribution in [0.3, 0.4) is 0 Å². The summed E-state index contributed by atoms with van der Waals surface area (Å²) >= 11 is 0. The maximum absolute atomic E-state index is 13.4. The average Bonchev–Trinajstić information content (AvgIpc) is 3.24. The summed E-state index contributed by atoms with van der Waals surface area (Å²) in [6.45, 7) is 1.95. The molecule has 148 valence electrons. The summed E-state index contributed by atoms with van der Waals surface area (Å²) in [5.41, 5.74) is 2.41. The van der Waals surface area contributed by atoms with E-state index in [4.69, 9.17) is 0 Å². The molecule has 2 aromatic carbocycles. The number of H-pyrrole nitrogens is 1. The van der Waals surface area contributed by atoms with Crippen LogP contribution >= 0.6 is 0 Å². The molecular formula is C22H18N6O2. The summed E-state index contributed by atoms with van der Waals surface area (Å²) < 4.78 is 1.62. The lowest BCUT2D eigenvalue weighted by molar-refractivity contribution is 0.481. The van der Waals surface area contributed by atoms with Crippen LogP contribution in [0, 0.1) is 0 Å².